The number of thiophene rings is 1. The van der Waals surface area contributed by atoms with E-state index >= 15 is 0 Å². The fraction of sp³-hybridized carbons (Fsp3) is 0.111. The fourth-order valence-electron chi connectivity index (χ4n) is 2.41. The molecule has 0 aliphatic heterocycles. The van der Waals surface area contributed by atoms with Crippen LogP contribution in [0.25, 0.3) is 22.0 Å². The number of benzene rings is 1. The number of amides is 1. The van der Waals surface area contributed by atoms with E-state index in [0.717, 1.165) is 16.1 Å². The highest BCUT2D eigenvalue weighted by Crippen LogP contribution is 2.26. The van der Waals surface area contributed by atoms with Crippen LogP contribution in [0.3, 0.4) is 0 Å². The summed E-state index contributed by atoms with van der Waals surface area (Å²) in [7, 11) is 0. The number of rotatable bonds is 5. The Kier molecular flexibility index (Phi) is 4.32. The van der Waals surface area contributed by atoms with Gasteiger partial charge in [0, 0.05) is 10.4 Å². The van der Waals surface area contributed by atoms with E-state index < -0.39 is 0 Å². The highest BCUT2D eigenvalue weighted by Gasteiger charge is 2.14. The standard InChI is InChI=1S/C18H15N5O2S/c1-11-7-8-15(26-11)13-9-14(21-20-13)17(24)19-10-16-22-23-18(25-16)12-5-3-2-4-6-12/h2-9H,10H2,1H3,(H,19,24)(H,20,21). The van der Waals surface area contributed by atoms with E-state index in [-0.39, 0.29) is 12.5 Å². The third-order valence-corrected chi connectivity index (χ3v) is 4.74. The van der Waals surface area contributed by atoms with Crippen molar-refractivity contribution in [2.45, 2.75) is 13.5 Å². The quantitative estimate of drug-likeness (QED) is 0.565. The predicted molar refractivity (Wildman–Crippen MR) is 97.5 cm³/mol. The van der Waals surface area contributed by atoms with Gasteiger partial charge in [-0.3, -0.25) is 9.89 Å². The van der Waals surface area contributed by atoms with Gasteiger partial charge in [-0.2, -0.15) is 5.10 Å². The summed E-state index contributed by atoms with van der Waals surface area (Å²) in [6.07, 6.45) is 0. The van der Waals surface area contributed by atoms with Gasteiger partial charge in [-0.05, 0) is 37.3 Å². The summed E-state index contributed by atoms with van der Waals surface area (Å²) in [5, 5.41) is 17.6. The predicted octanol–water partition coefficient (Wildman–Crippen LogP) is 3.43. The van der Waals surface area contributed by atoms with Gasteiger partial charge in [0.25, 0.3) is 5.91 Å². The molecule has 2 N–H and O–H groups in total. The Morgan fingerprint density at radius 3 is 2.81 bits per heavy atom. The van der Waals surface area contributed by atoms with Gasteiger partial charge >= 0.3 is 0 Å². The number of aryl methyl sites for hydroxylation is 1. The summed E-state index contributed by atoms with van der Waals surface area (Å²) in [6, 6.07) is 15.2. The van der Waals surface area contributed by atoms with Crippen molar-refractivity contribution in [1.29, 1.82) is 0 Å². The molecule has 4 rings (SSSR count). The molecule has 8 heteroatoms. The summed E-state index contributed by atoms with van der Waals surface area (Å²) in [5.74, 6) is 0.451. The third-order valence-electron chi connectivity index (χ3n) is 3.70. The SMILES string of the molecule is Cc1ccc(-c2cc(C(=O)NCc3nnc(-c4ccccc4)o3)n[nH]2)s1. The van der Waals surface area contributed by atoms with Crippen LogP contribution in [-0.4, -0.2) is 26.3 Å². The van der Waals surface area contributed by atoms with Crippen LogP contribution in [0, 0.1) is 6.92 Å². The van der Waals surface area contributed by atoms with Crippen LogP contribution in [0.2, 0.25) is 0 Å². The highest BCUT2D eigenvalue weighted by molar-refractivity contribution is 7.15. The molecule has 0 fully saturated rings. The molecule has 0 saturated heterocycles. The third kappa shape index (κ3) is 3.40. The van der Waals surface area contributed by atoms with Crippen molar-refractivity contribution >= 4 is 17.2 Å². The van der Waals surface area contributed by atoms with E-state index in [0.29, 0.717) is 17.5 Å². The van der Waals surface area contributed by atoms with Crippen molar-refractivity contribution in [3.63, 3.8) is 0 Å². The minimum atomic E-state index is -0.305. The van der Waals surface area contributed by atoms with E-state index in [1.165, 1.54) is 4.88 Å². The lowest BCUT2D eigenvalue weighted by Gasteiger charge is -1.98. The van der Waals surface area contributed by atoms with Crippen molar-refractivity contribution in [3.8, 4) is 22.0 Å². The summed E-state index contributed by atoms with van der Waals surface area (Å²) < 4.78 is 5.57. The van der Waals surface area contributed by atoms with Gasteiger partial charge in [0.2, 0.25) is 11.8 Å². The molecule has 1 amide bonds. The lowest BCUT2D eigenvalue weighted by Crippen LogP contribution is -2.23. The van der Waals surface area contributed by atoms with E-state index in [2.05, 4.69) is 25.7 Å². The monoisotopic (exact) mass is 365 g/mol. The van der Waals surface area contributed by atoms with Gasteiger partial charge in [0.05, 0.1) is 17.1 Å². The number of aromatic nitrogens is 4. The minimum Gasteiger partial charge on any atom is -0.419 e. The van der Waals surface area contributed by atoms with Crippen molar-refractivity contribution in [3.05, 3.63) is 65.0 Å². The van der Waals surface area contributed by atoms with Crippen LogP contribution in [0.15, 0.2) is 52.9 Å². The maximum absolute atomic E-state index is 12.3. The van der Waals surface area contributed by atoms with E-state index in [1.807, 2.05) is 49.4 Å². The van der Waals surface area contributed by atoms with Crippen LogP contribution in [0.5, 0.6) is 0 Å². The molecule has 4 aromatic rings. The lowest BCUT2D eigenvalue weighted by molar-refractivity contribution is 0.0942. The summed E-state index contributed by atoms with van der Waals surface area (Å²) in [4.78, 5) is 14.5. The molecule has 0 atom stereocenters. The van der Waals surface area contributed by atoms with Crippen LogP contribution < -0.4 is 5.32 Å². The number of carbonyl (C=O) groups is 1. The van der Waals surface area contributed by atoms with Crippen LogP contribution in [0.1, 0.15) is 21.3 Å². The molecular weight excluding hydrogens is 350 g/mol. The number of hydrogen-bond donors (Lipinski definition) is 2. The van der Waals surface area contributed by atoms with E-state index in [1.54, 1.807) is 17.4 Å². The second-order valence-corrected chi connectivity index (χ2v) is 6.91. The molecule has 1 aromatic carbocycles. The second kappa shape index (κ2) is 6.93. The molecule has 0 aliphatic carbocycles. The minimum absolute atomic E-state index is 0.138. The van der Waals surface area contributed by atoms with E-state index in [9.17, 15) is 4.79 Å². The molecule has 0 aliphatic rings. The zero-order chi connectivity index (χ0) is 17.9. The first-order chi connectivity index (χ1) is 12.7. The van der Waals surface area contributed by atoms with Gasteiger partial charge in [0.1, 0.15) is 0 Å². The first-order valence-corrected chi connectivity index (χ1v) is 8.79. The topological polar surface area (TPSA) is 96.7 Å². The number of H-pyrrole nitrogens is 1. The van der Waals surface area contributed by atoms with Gasteiger partial charge in [-0.25, -0.2) is 0 Å². The normalized spacial score (nSPS) is 10.8. The van der Waals surface area contributed by atoms with Gasteiger partial charge in [-0.1, -0.05) is 18.2 Å². The first kappa shape index (κ1) is 16.2. The summed E-state index contributed by atoms with van der Waals surface area (Å²) in [6.45, 7) is 2.17. The largest absolute Gasteiger partial charge is 0.419 e. The molecule has 3 aromatic heterocycles. The molecule has 26 heavy (non-hydrogen) atoms. The number of carbonyl (C=O) groups excluding carboxylic acids is 1. The van der Waals surface area contributed by atoms with Crippen LogP contribution in [0.4, 0.5) is 0 Å². The number of hydrogen-bond acceptors (Lipinski definition) is 6. The van der Waals surface area contributed by atoms with Gasteiger partial charge < -0.3 is 9.73 Å². The maximum atomic E-state index is 12.3. The van der Waals surface area contributed by atoms with E-state index in [4.69, 9.17) is 4.42 Å². The molecule has 0 spiro atoms. The fourth-order valence-corrected chi connectivity index (χ4v) is 3.25. The van der Waals surface area contributed by atoms with Crippen molar-refractivity contribution in [2.75, 3.05) is 0 Å². The zero-order valence-electron chi connectivity index (χ0n) is 13.9. The zero-order valence-corrected chi connectivity index (χ0v) is 14.7. The van der Waals surface area contributed by atoms with Crippen LogP contribution >= 0.6 is 11.3 Å². The first-order valence-electron chi connectivity index (χ1n) is 7.97. The van der Waals surface area contributed by atoms with Crippen molar-refractivity contribution in [2.24, 2.45) is 0 Å². The maximum Gasteiger partial charge on any atom is 0.272 e. The Morgan fingerprint density at radius 2 is 2.04 bits per heavy atom. The summed E-state index contributed by atoms with van der Waals surface area (Å²) in [5.41, 5.74) is 1.96. The molecule has 0 radical (unpaired) electrons. The smallest absolute Gasteiger partial charge is 0.272 e. The average Bonchev–Trinajstić information content (AvgIpc) is 3.40. The number of nitrogens with one attached hydrogen (secondary N) is 2. The Hall–Kier alpha value is -3.26. The Labute approximate surface area is 153 Å². The Balaban J connectivity index is 1.40. The number of aromatic amines is 1. The highest BCUT2D eigenvalue weighted by atomic mass is 32.1. The van der Waals surface area contributed by atoms with Crippen molar-refractivity contribution in [1.82, 2.24) is 25.7 Å². The molecule has 0 saturated carbocycles. The molecule has 0 bridgehead atoms. The average molecular weight is 365 g/mol. The second-order valence-electron chi connectivity index (χ2n) is 5.63. The van der Waals surface area contributed by atoms with Crippen molar-refractivity contribution < 1.29 is 9.21 Å². The Bertz CT molecular complexity index is 1030. The summed E-state index contributed by atoms with van der Waals surface area (Å²) >= 11 is 1.64. The molecule has 3 heterocycles. The van der Waals surface area contributed by atoms with Crippen LogP contribution in [-0.2, 0) is 6.54 Å². The molecule has 0 unspecified atom stereocenters. The number of nitrogens with zero attached hydrogens (tertiary/aromatic N) is 3. The van der Waals surface area contributed by atoms with Gasteiger partial charge in [-0.15, -0.1) is 21.5 Å². The van der Waals surface area contributed by atoms with Gasteiger partial charge in [0.15, 0.2) is 5.69 Å². The lowest BCUT2D eigenvalue weighted by atomic mass is 10.2. The molecule has 130 valence electrons. The molecular formula is C18H15N5O2S. The Morgan fingerprint density at radius 1 is 1.19 bits per heavy atom. The molecule has 7 nitrogen and oxygen atoms in total.